The van der Waals surface area contributed by atoms with E-state index in [9.17, 15) is 18.0 Å². The zero-order chi connectivity index (χ0) is 16.2. The van der Waals surface area contributed by atoms with Gasteiger partial charge in [0.25, 0.3) is 0 Å². The number of alkyl halides is 3. The molecule has 0 aliphatic carbocycles. The van der Waals surface area contributed by atoms with Crippen molar-refractivity contribution < 1.29 is 27.5 Å². The van der Waals surface area contributed by atoms with Crippen LogP contribution in [0.3, 0.4) is 0 Å². The van der Waals surface area contributed by atoms with Gasteiger partial charge in [0.2, 0.25) is 11.8 Å². The summed E-state index contributed by atoms with van der Waals surface area (Å²) >= 11 is 0. The van der Waals surface area contributed by atoms with Crippen LogP contribution in [0.25, 0.3) is 0 Å². The third-order valence-corrected chi connectivity index (χ3v) is 2.87. The van der Waals surface area contributed by atoms with Crippen molar-refractivity contribution in [2.24, 2.45) is 10.9 Å². The van der Waals surface area contributed by atoms with Crippen LogP contribution in [0, 0.1) is 0 Å². The number of nitrogens with two attached hydrogens (primary N) is 1. The van der Waals surface area contributed by atoms with Crippen molar-refractivity contribution in [2.45, 2.75) is 18.7 Å². The van der Waals surface area contributed by atoms with Gasteiger partial charge in [-0.1, -0.05) is 23.4 Å². The molecule has 1 aromatic carbocycles. The summed E-state index contributed by atoms with van der Waals surface area (Å²) in [6, 6.07) is 6.62. The van der Waals surface area contributed by atoms with Gasteiger partial charge in [-0.25, -0.2) is 0 Å². The fourth-order valence-electron chi connectivity index (χ4n) is 1.94. The first-order valence-corrected chi connectivity index (χ1v) is 6.35. The van der Waals surface area contributed by atoms with E-state index in [1.807, 2.05) is 0 Å². The number of nitrogens with zero attached hydrogens (tertiary/aromatic N) is 1. The maximum atomic E-state index is 11.9. The Morgan fingerprint density at radius 2 is 2.18 bits per heavy atom. The Kier molecular flexibility index (Phi) is 4.69. The van der Waals surface area contributed by atoms with Gasteiger partial charge in [0.15, 0.2) is 6.10 Å². The molecule has 1 unspecified atom stereocenters. The number of carbonyl (C=O) groups is 1. The minimum absolute atomic E-state index is 0.0865. The lowest BCUT2D eigenvalue weighted by atomic mass is 10.00. The molecule has 0 fully saturated rings. The van der Waals surface area contributed by atoms with Gasteiger partial charge < -0.3 is 15.3 Å². The summed E-state index contributed by atoms with van der Waals surface area (Å²) in [5.74, 6) is -0.433. The minimum Gasteiger partial charge on any atom is -0.474 e. The average molecular weight is 314 g/mol. The first-order valence-electron chi connectivity index (χ1n) is 6.35. The molecule has 1 heterocycles. The van der Waals surface area contributed by atoms with Crippen molar-refractivity contribution in [1.82, 2.24) is 0 Å². The Morgan fingerprint density at radius 3 is 2.86 bits per heavy atom. The third kappa shape index (κ3) is 4.24. The van der Waals surface area contributed by atoms with E-state index in [1.54, 1.807) is 24.3 Å². The summed E-state index contributed by atoms with van der Waals surface area (Å²) in [5.41, 5.74) is 6.14. The Labute approximate surface area is 124 Å². The maximum Gasteiger partial charge on any atom is 0.409 e. The second kappa shape index (κ2) is 6.50. The van der Waals surface area contributed by atoms with Gasteiger partial charge in [0.1, 0.15) is 6.61 Å². The molecule has 2 rings (SSSR count). The number of allylic oxidation sites excluding steroid dienone is 1. The minimum atomic E-state index is -4.37. The molecule has 1 amide bonds. The Balaban J connectivity index is 1.93. The van der Waals surface area contributed by atoms with Crippen LogP contribution in [0.2, 0.25) is 0 Å². The van der Waals surface area contributed by atoms with E-state index in [0.29, 0.717) is 11.1 Å². The van der Waals surface area contributed by atoms with Crippen LogP contribution in [0.5, 0.6) is 0 Å². The van der Waals surface area contributed by atoms with Gasteiger partial charge in [0, 0.05) is 17.2 Å². The number of halogens is 3. The highest BCUT2D eigenvalue weighted by atomic mass is 19.4. The molecule has 0 aromatic heterocycles. The normalized spacial score (nSPS) is 18.1. The lowest BCUT2D eigenvalue weighted by Gasteiger charge is -2.11. The van der Waals surface area contributed by atoms with Crippen molar-refractivity contribution in [2.75, 3.05) is 6.61 Å². The zero-order valence-electron chi connectivity index (χ0n) is 11.3. The van der Waals surface area contributed by atoms with Gasteiger partial charge in [-0.15, -0.1) is 0 Å². The lowest BCUT2D eigenvalue weighted by molar-refractivity contribution is -0.0802. The van der Waals surface area contributed by atoms with Gasteiger partial charge in [0.05, 0.1) is 6.42 Å². The van der Waals surface area contributed by atoms with Crippen molar-refractivity contribution >= 4 is 11.8 Å². The number of oxime groups is 1. The first kappa shape index (κ1) is 15.9. The van der Waals surface area contributed by atoms with E-state index >= 15 is 0 Å². The SMILES string of the molecule is NC(=O)c1ccccc1C1CC(OC/C=C/C(F)(F)F)=NO1. The molecule has 1 aromatic rings. The van der Waals surface area contributed by atoms with Crippen LogP contribution in [-0.4, -0.2) is 24.6 Å². The molecule has 1 atom stereocenters. The molecule has 0 saturated heterocycles. The molecular formula is C14H13F3N2O3. The third-order valence-electron chi connectivity index (χ3n) is 2.87. The largest absolute Gasteiger partial charge is 0.474 e. The van der Waals surface area contributed by atoms with Crippen LogP contribution in [0.15, 0.2) is 41.6 Å². The Hall–Kier alpha value is -2.51. The standard InChI is InChI=1S/C14H13F3N2O3/c15-14(16,17)6-3-7-21-12-8-11(22-19-12)9-4-1-2-5-10(9)13(18)20/h1-6,11H,7-8H2,(H2,18,20)/b6-3+. The number of amides is 1. The molecule has 118 valence electrons. The zero-order valence-corrected chi connectivity index (χ0v) is 11.3. The van der Waals surface area contributed by atoms with Crippen LogP contribution >= 0.6 is 0 Å². The fourth-order valence-corrected chi connectivity index (χ4v) is 1.94. The second-order valence-electron chi connectivity index (χ2n) is 4.49. The number of ether oxygens (including phenoxy) is 1. The van der Waals surface area contributed by atoms with Crippen LogP contribution < -0.4 is 5.73 Å². The first-order chi connectivity index (χ1) is 10.4. The molecular weight excluding hydrogens is 301 g/mol. The number of primary amides is 1. The van der Waals surface area contributed by atoms with Crippen molar-refractivity contribution in [3.63, 3.8) is 0 Å². The van der Waals surface area contributed by atoms with E-state index in [-0.39, 0.29) is 25.0 Å². The van der Waals surface area contributed by atoms with Gasteiger partial charge in [-0.2, -0.15) is 13.2 Å². The molecule has 22 heavy (non-hydrogen) atoms. The molecule has 1 aliphatic rings. The summed E-state index contributed by atoms with van der Waals surface area (Å²) in [7, 11) is 0. The highest BCUT2D eigenvalue weighted by Crippen LogP contribution is 2.29. The monoisotopic (exact) mass is 314 g/mol. The number of carbonyl (C=O) groups excluding carboxylic acids is 1. The number of rotatable bonds is 4. The Bertz CT molecular complexity index is 612. The van der Waals surface area contributed by atoms with E-state index < -0.39 is 18.2 Å². The van der Waals surface area contributed by atoms with Crippen LogP contribution in [0.1, 0.15) is 28.4 Å². The molecule has 2 N–H and O–H groups in total. The quantitative estimate of drug-likeness (QED) is 0.868. The lowest BCUT2D eigenvalue weighted by Crippen LogP contribution is -2.16. The Morgan fingerprint density at radius 1 is 1.45 bits per heavy atom. The molecule has 0 bridgehead atoms. The smallest absolute Gasteiger partial charge is 0.409 e. The van der Waals surface area contributed by atoms with Crippen molar-refractivity contribution in [3.8, 4) is 0 Å². The second-order valence-corrected chi connectivity index (χ2v) is 4.49. The molecule has 0 radical (unpaired) electrons. The molecule has 5 nitrogen and oxygen atoms in total. The van der Waals surface area contributed by atoms with Crippen LogP contribution in [-0.2, 0) is 9.57 Å². The van der Waals surface area contributed by atoms with E-state index in [4.69, 9.17) is 15.3 Å². The number of hydrogen-bond donors (Lipinski definition) is 1. The van der Waals surface area contributed by atoms with E-state index in [0.717, 1.165) is 6.08 Å². The van der Waals surface area contributed by atoms with Crippen LogP contribution in [0.4, 0.5) is 13.2 Å². The molecule has 0 spiro atoms. The summed E-state index contributed by atoms with van der Waals surface area (Å²) in [6.07, 6.45) is -3.79. The predicted molar refractivity (Wildman–Crippen MR) is 72.0 cm³/mol. The molecule has 0 saturated carbocycles. The van der Waals surface area contributed by atoms with E-state index in [2.05, 4.69) is 5.16 Å². The summed E-state index contributed by atoms with van der Waals surface area (Å²) in [6.45, 7) is -0.272. The summed E-state index contributed by atoms with van der Waals surface area (Å²) < 4.78 is 40.8. The maximum absolute atomic E-state index is 11.9. The van der Waals surface area contributed by atoms with Gasteiger partial charge >= 0.3 is 6.18 Å². The molecule has 1 aliphatic heterocycles. The predicted octanol–water partition coefficient (Wildman–Crippen LogP) is 2.70. The van der Waals surface area contributed by atoms with Crippen molar-refractivity contribution in [3.05, 3.63) is 47.5 Å². The highest BCUT2D eigenvalue weighted by Gasteiger charge is 2.27. The average Bonchev–Trinajstić information content (AvgIpc) is 2.91. The fraction of sp³-hybridized carbons (Fsp3) is 0.286. The van der Waals surface area contributed by atoms with Crippen molar-refractivity contribution in [1.29, 1.82) is 0 Å². The van der Waals surface area contributed by atoms with E-state index in [1.165, 1.54) is 0 Å². The van der Waals surface area contributed by atoms with Gasteiger partial charge in [-0.3, -0.25) is 4.79 Å². The van der Waals surface area contributed by atoms with Gasteiger partial charge in [-0.05, 0) is 12.1 Å². The molecule has 8 heteroatoms. The number of benzene rings is 1. The summed E-state index contributed by atoms with van der Waals surface area (Å²) in [4.78, 5) is 16.5. The summed E-state index contributed by atoms with van der Waals surface area (Å²) in [5, 5.41) is 3.66. The highest BCUT2D eigenvalue weighted by molar-refractivity contribution is 5.94. The topological polar surface area (TPSA) is 73.9 Å². The number of hydrogen-bond acceptors (Lipinski definition) is 4.